The fourth-order valence-electron chi connectivity index (χ4n) is 2.77. The van der Waals surface area contributed by atoms with E-state index in [0.29, 0.717) is 25.1 Å². The average Bonchev–Trinajstić information content (AvgIpc) is 2.52. The molecule has 112 valence electrons. The van der Waals surface area contributed by atoms with Crippen molar-refractivity contribution in [2.75, 3.05) is 24.6 Å². The van der Waals surface area contributed by atoms with Gasteiger partial charge in [-0.15, -0.1) is 0 Å². The Labute approximate surface area is 121 Å². The van der Waals surface area contributed by atoms with E-state index in [2.05, 4.69) is 21.8 Å². The van der Waals surface area contributed by atoms with Crippen LogP contribution in [0.25, 0.3) is 0 Å². The van der Waals surface area contributed by atoms with Crippen LogP contribution in [-0.4, -0.2) is 35.7 Å². The second-order valence-corrected chi connectivity index (χ2v) is 5.34. The highest BCUT2D eigenvalue weighted by Gasteiger charge is 2.22. The van der Waals surface area contributed by atoms with Gasteiger partial charge < -0.3 is 15.4 Å². The Morgan fingerprint density at radius 3 is 2.80 bits per heavy atom. The van der Waals surface area contributed by atoms with Gasteiger partial charge in [0.25, 0.3) is 0 Å². The fraction of sp³-hybridized carbons (Fsp3) is 0.733. The molecular formula is C15H26N4O. The lowest BCUT2D eigenvalue weighted by Gasteiger charge is -2.34. The van der Waals surface area contributed by atoms with Gasteiger partial charge in [-0.05, 0) is 19.3 Å². The molecular weight excluding hydrogens is 252 g/mol. The summed E-state index contributed by atoms with van der Waals surface area (Å²) in [6.45, 7) is 4.23. The van der Waals surface area contributed by atoms with Gasteiger partial charge in [-0.3, -0.25) is 4.98 Å². The maximum absolute atomic E-state index is 5.77. The molecule has 0 unspecified atom stereocenters. The maximum Gasteiger partial charge on any atom is 0.234 e. The van der Waals surface area contributed by atoms with Crippen molar-refractivity contribution in [1.82, 2.24) is 9.97 Å². The van der Waals surface area contributed by atoms with E-state index in [4.69, 9.17) is 10.5 Å². The van der Waals surface area contributed by atoms with Gasteiger partial charge >= 0.3 is 0 Å². The summed E-state index contributed by atoms with van der Waals surface area (Å²) in [6.07, 6.45) is 10.9. The Morgan fingerprint density at radius 2 is 2.10 bits per heavy atom. The van der Waals surface area contributed by atoms with E-state index in [1.54, 1.807) is 6.20 Å². The van der Waals surface area contributed by atoms with E-state index in [1.165, 1.54) is 32.1 Å². The number of hydrogen-bond donors (Lipinski definition) is 1. The molecule has 0 spiro atoms. The van der Waals surface area contributed by atoms with Crippen LogP contribution >= 0.6 is 0 Å². The third-order valence-corrected chi connectivity index (χ3v) is 3.73. The molecule has 5 nitrogen and oxygen atoms in total. The summed E-state index contributed by atoms with van der Waals surface area (Å²) in [5.74, 6) is 1.51. The summed E-state index contributed by atoms with van der Waals surface area (Å²) < 4.78 is 5.58. The van der Waals surface area contributed by atoms with Crippen molar-refractivity contribution in [3.63, 3.8) is 0 Å². The van der Waals surface area contributed by atoms with Crippen LogP contribution in [0.1, 0.15) is 45.4 Å². The fourth-order valence-corrected chi connectivity index (χ4v) is 2.77. The van der Waals surface area contributed by atoms with Gasteiger partial charge in [0, 0.05) is 19.1 Å². The number of aromatic nitrogens is 2. The third kappa shape index (κ3) is 4.07. The molecule has 1 heterocycles. The molecule has 1 saturated carbocycles. The van der Waals surface area contributed by atoms with E-state index < -0.39 is 0 Å². The Kier molecular flexibility index (Phi) is 6.05. The highest BCUT2D eigenvalue weighted by molar-refractivity contribution is 5.39. The Morgan fingerprint density at radius 1 is 1.30 bits per heavy atom. The lowest BCUT2D eigenvalue weighted by Crippen LogP contribution is -2.40. The molecule has 0 aliphatic heterocycles. The summed E-state index contributed by atoms with van der Waals surface area (Å²) >= 11 is 0. The molecule has 0 saturated heterocycles. The predicted octanol–water partition coefficient (Wildman–Crippen LogP) is 2.36. The van der Waals surface area contributed by atoms with Crippen molar-refractivity contribution in [3.05, 3.63) is 12.4 Å². The second-order valence-electron chi connectivity index (χ2n) is 5.34. The van der Waals surface area contributed by atoms with E-state index in [1.807, 2.05) is 6.20 Å². The molecule has 0 bridgehead atoms. The lowest BCUT2D eigenvalue weighted by atomic mass is 9.94. The monoisotopic (exact) mass is 278 g/mol. The van der Waals surface area contributed by atoms with Crippen molar-refractivity contribution in [3.8, 4) is 5.88 Å². The molecule has 0 radical (unpaired) electrons. The molecule has 2 N–H and O–H groups in total. The van der Waals surface area contributed by atoms with Crippen LogP contribution in [-0.2, 0) is 0 Å². The number of anilines is 1. The molecule has 0 atom stereocenters. The molecule has 5 heteroatoms. The molecule has 20 heavy (non-hydrogen) atoms. The SMILES string of the molecule is CCCOc1cncc(N(CCN)C2CCCCC2)n1. The van der Waals surface area contributed by atoms with Gasteiger partial charge in [-0.1, -0.05) is 26.2 Å². The molecule has 0 aromatic carbocycles. The predicted molar refractivity (Wildman–Crippen MR) is 81.1 cm³/mol. The highest BCUT2D eigenvalue weighted by Crippen LogP contribution is 2.26. The first-order chi connectivity index (χ1) is 9.85. The summed E-state index contributed by atoms with van der Waals surface area (Å²) in [7, 11) is 0. The first-order valence-electron chi connectivity index (χ1n) is 7.76. The van der Waals surface area contributed by atoms with E-state index >= 15 is 0 Å². The van der Waals surface area contributed by atoms with Gasteiger partial charge in [0.2, 0.25) is 5.88 Å². The van der Waals surface area contributed by atoms with E-state index in [-0.39, 0.29) is 0 Å². The second kappa shape index (κ2) is 8.04. The Balaban J connectivity index is 2.10. The molecule has 1 aromatic heterocycles. The van der Waals surface area contributed by atoms with Crippen LogP contribution in [0.3, 0.4) is 0 Å². The van der Waals surface area contributed by atoms with Crippen molar-refractivity contribution in [2.24, 2.45) is 5.73 Å². The van der Waals surface area contributed by atoms with Gasteiger partial charge in [0.1, 0.15) is 0 Å². The zero-order chi connectivity index (χ0) is 14.2. The maximum atomic E-state index is 5.77. The smallest absolute Gasteiger partial charge is 0.234 e. The van der Waals surface area contributed by atoms with Crippen LogP contribution in [0.15, 0.2) is 12.4 Å². The number of nitrogens with two attached hydrogens (primary N) is 1. The van der Waals surface area contributed by atoms with Gasteiger partial charge in [0.05, 0.1) is 19.0 Å². The van der Waals surface area contributed by atoms with Crippen molar-refractivity contribution in [2.45, 2.75) is 51.5 Å². The number of rotatable bonds is 7. The molecule has 1 aliphatic carbocycles. The molecule has 1 fully saturated rings. The summed E-state index contributed by atoms with van der Waals surface area (Å²) in [5, 5.41) is 0. The normalized spacial score (nSPS) is 16.1. The largest absolute Gasteiger partial charge is 0.477 e. The van der Waals surface area contributed by atoms with Crippen molar-refractivity contribution < 1.29 is 4.74 Å². The van der Waals surface area contributed by atoms with Gasteiger partial charge in [-0.25, -0.2) is 0 Å². The van der Waals surface area contributed by atoms with E-state index in [0.717, 1.165) is 18.8 Å². The molecule has 1 aromatic rings. The van der Waals surface area contributed by atoms with Crippen molar-refractivity contribution >= 4 is 5.82 Å². The van der Waals surface area contributed by atoms with Crippen LogP contribution in [0.2, 0.25) is 0 Å². The summed E-state index contributed by atoms with van der Waals surface area (Å²) in [6, 6.07) is 0.544. The quantitative estimate of drug-likeness (QED) is 0.829. The lowest BCUT2D eigenvalue weighted by molar-refractivity contribution is 0.303. The minimum atomic E-state index is 0.544. The first-order valence-corrected chi connectivity index (χ1v) is 7.76. The minimum Gasteiger partial charge on any atom is -0.477 e. The molecule has 1 aliphatic rings. The number of nitrogens with zero attached hydrogens (tertiary/aromatic N) is 3. The number of hydrogen-bond acceptors (Lipinski definition) is 5. The third-order valence-electron chi connectivity index (χ3n) is 3.73. The number of ether oxygens (including phenoxy) is 1. The molecule has 2 rings (SSSR count). The van der Waals surface area contributed by atoms with E-state index in [9.17, 15) is 0 Å². The zero-order valence-electron chi connectivity index (χ0n) is 12.4. The Bertz CT molecular complexity index is 393. The van der Waals surface area contributed by atoms with Gasteiger partial charge in [0.15, 0.2) is 5.82 Å². The van der Waals surface area contributed by atoms with Gasteiger partial charge in [-0.2, -0.15) is 4.98 Å². The molecule has 0 amide bonds. The van der Waals surface area contributed by atoms with Crippen LogP contribution in [0.4, 0.5) is 5.82 Å². The Hall–Kier alpha value is -1.36. The zero-order valence-corrected chi connectivity index (χ0v) is 12.4. The summed E-state index contributed by atoms with van der Waals surface area (Å²) in [5.41, 5.74) is 5.77. The standard InChI is InChI=1S/C15H26N4O/c1-2-10-20-15-12-17-11-14(18-15)19(9-8-16)13-6-4-3-5-7-13/h11-13H,2-10,16H2,1H3. The van der Waals surface area contributed by atoms with Crippen LogP contribution in [0, 0.1) is 0 Å². The topological polar surface area (TPSA) is 64.3 Å². The van der Waals surface area contributed by atoms with Crippen LogP contribution in [0.5, 0.6) is 5.88 Å². The van der Waals surface area contributed by atoms with Crippen molar-refractivity contribution in [1.29, 1.82) is 0 Å². The summed E-state index contributed by atoms with van der Waals surface area (Å²) in [4.78, 5) is 11.2. The minimum absolute atomic E-state index is 0.544. The first kappa shape index (κ1) is 15.0. The highest BCUT2D eigenvalue weighted by atomic mass is 16.5. The van der Waals surface area contributed by atoms with Crippen LogP contribution < -0.4 is 15.4 Å². The average molecular weight is 278 g/mol.